The lowest BCUT2D eigenvalue weighted by molar-refractivity contribution is -0.0979. The first-order chi connectivity index (χ1) is 9.65. The quantitative estimate of drug-likeness (QED) is 0.756. The van der Waals surface area contributed by atoms with Crippen molar-refractivity contribution in [2.45, 2.75) is 60.8 Å². The molecule has 0 fully saturated rings. The average molecular weight is 282 g/mol. The van der Waals surface area contributed by atoms with E-state index in [9.17, 15) is 0 Å². The third-order valence-corrected chi connectivity index (χ3v) is 2.07. The van der Waals surface area contributed by atoms with Crippen LogP contribution in [0.25, 0.3) is 0 Å². The molecule has 0 bridgehead atoms. The van der Waals surface area contributed by atoms with Crippen molar-refractivity contribution in [1.82, 2.24) is 0 Å². The molecule has 2 nitrogen and oxygen atoms in total. The minimum absolute atomic E-state index is 0.844. The number of carbonyl (C=O) groups excluding carboxylic acids is 1. The number of rotatable bonds is 4. The van der Waals surface area contributed by atoms with E-state index in [-0.39, 0.29) is 0 Å². The second kappa shape index (κ2) is 23.0. The van der Waals surface area contributed by atoms with E-state index in [1.165, 1.54) is 30.4 Å². The maximum atomic E-state index is 8.00. The fourth-order valence-electron chi connectivity index (χ4n) is 1.25. The van der Waals surface area contributed by atoms with E-state index in [4.69, 9.17) is 9.53 Å². The Morgan fingerprint density at radius 2 is 1.30 bits per heavy atom. The average Bonchev–Trinajstić information content (AvgIpc) is 2.46. The normalized spacial score (nSPS) is 8.10. The molecular weight excluding hydrogens is 248 g/mol. The highest BCUT2D eigenvalue weighted by molar-refractivity contribution is 5.21. The summed E-state index contributed by atoms with van der Waals surface area (Å²) in [6.45, 7) is 16.2. The van der Waals surface area contributed by atoms with Crippen molar-refractivity contribution >= 4 is 6.79 Å². The second-order valence-electron chi connectivity index (χ2n) is 4.22. The number of hydrogen-bond acceptors (Lipinski definition) is 2. The van der Waals surface area contributed by atoms with Crippen molar-refractivity contribution in [1.29, 1.82) is 0 Å². The van der Waals surface area contributed by atoms with Crippen LogP contribution in [0.3, 0.4) is 0 Å². The van der Waals surface area contributed by atoms with Gasteiger partial charge in [0.05, 0.1) is 0 Å². The predicted molar refractivity (Wildman–Crippen MR) is 90.4 cm³/mol. The Morgan fingerprint density at radius 3 is 1.55 bits per heavy atom. The van der Waals surface area contributed by atoms with E-state index in [2.05, 4.69) is 52.0 Å². The molecule has 1 aromatic carbocycles. The number of ether oxygens (including phenoxy) is 1. The molecule has 0 aromatic heterocycles. The summed E-state index contributed by atoms with van der Waals surface area (Å²) < 4.78 is 4.83. The predicted octanol–water partition coefficient (Wildman–Crippen LogP) is 5.22. The van der Waals surface area contributed by atoms with Gasteiger partial charge in [0.1, 0.15) is 6.79 Å². The summed E-state index contributed by atoms with van der Waals surface area (Å²) in [4.78, 5) is 8.00. The van der Waals surface area contributed by atoms with Gasteiger partial charge >= 0.3 is 0 Å². The zero-order valence-corrected chi connectivity index (χ0v) is 14.4. The van der Waals surface area contributed by atoms with Crippen LogP contribution in [0.1, 0.15) is 58.6 Å². The van der Waals surface area contributed by atoms with Gasteiger partial charge in [0.2, 0.25) is 0 Å². The van der Waals surface area contributed by atoms with Gasteiger partial charge in [-0.15, -0.1) is 0 Å². The SMILES string of the molecule is C=O.CCC.CCCc1ccc(C)cc1.CCOCC. The van der Waals surface area contributed by atoms with Crippen LogP contribution in [-0.2, 0) is 16.0 Å². The van der Waals surface area contributed by atoms with Crippen molar-refractivity contribution in [2.24, 2.45) is 0 Å². The van der Waals surface area contributed by atoms with Crippen LogP contribution < -0.4 is 0 Å². The van der Waals surface area contributed by atoms with Crippen LogP contribution >= 0.6 is 0 Å². The summed E-state index contributed by atoms with van der Waals surface area (Å²) in [5.41, 5.74) is 2.80. The summed E-state index contributed by atoms with van der Waals surface area (Å²) in [7, 11) is 0. The Bertz CT molecular complexity index is 253. The van der Waals surface area contributed by atoms with E-state index >= 15 is 0 Å². The summed E-state index contributed by atoms with van der Waals surface area (Å²) in [5.74, 6) is 0. The van der Waals surface area contributed by atoms with Crippen molar-refractivity contribution in [3.05, 3.63) is 35.4 Å². The van der Waals surface area contributed by atoms with Crippen LogP contribution in [0.15, 0.2) is 24.3 Å². The standard InChI is InChI=1S/C10H14.C4H10O.C3H8.CH2O/c1-3-4-10-7-5-9(2)6-8-10;1-3-5-4-2;1-3-2;1-2/h5-8H,3-4H2,1-2H3;3-4H2,1-2H3;3H2,1-2H3;1H2. The van der Waals surface area contributed by atoms with Gasteiger partial charge in [-0.05, 0) is 32.8 Å². The summed E-state index contributed by atoms with van der Waals surface area (Å²) in [6.07, 6.45) is 3.70. The van der Waals surface area contributed by atoms with Crippen LogP contribution in [0, 0.1) is 6.92 Å². The van der Waals surface area contributed by atoms with Gasteiger partial charge in [-0.3, -0.25) is 0 Å². The van der Waals surface area contributed by atoms with Crippen molar-refractivity contribution in [3.8, 4) is 0 Å². The molecule has 2 heteroatoms. The lowest BCUT2D eigenvalue weighted by atomic mass is 10.1. The third kappa shape index (κ3) is 22.1. The van der Waals surface area contributed by atoms with Crippen molar-refractivity contribution < 1.29 is 9.53 Å². The molecule has 0 aliphatic heterocycles. The Labute approximate surface area is 126 Å². The highest BCUT2D eigenvalue weighted by atomic mass is 16.5. The van der Waals surface area contributed by atoms with Crippen LogP contribution in [0.5, 0.6) is 0 Å². The highest BCUT2D eigenvalue weighted by Gasteiger charge is 1.88. The number of hydrogen-bond donors (Lipinski definition) is 0. The molecule has 1 aromatic rings. The van der Waals surface area contributed by atoms with Gasteiger partial charge in [-0.2, -0.15) is 0 Å². The molecule has 0 saturated heterocycles. The first-order valence-electron chi connectivity index (χ1n) is 7.58. The third-order valence-electron chi connectivity index (χ3n) is 2.07. The van der Waals surface area contributed by atoms with Gasteiger partial charge in [-0.1, -0.05) is 63.4 Å². The topological polar surface area (TPSA) is 26.3 Å². The lowest BCUT2D eigenvalue weighted by Gasteiger charge is -1.97. The highest BCUT2D eigenvalue weighted by Crippen LogP contribution is 2.04. The Hall–Kier alpha value is -1.15. The summed E-state index contributed by atoms with van der Waals surface area (Å²) in [6, 6.07) is 8.76. The van der Waals surface area contributed by atoms with Gasteiger partial charge in [0.15, 0.2) is 0 Å². The van der Waals surface area contributed by atoms with E-state index in [1.54, 1.807) is 0 Å². The van der Waals surface area contributed by atoms with Crippen LogP contribution in [0.2, 0.25) is 0 Å². The largest absolute Gasteiger partial charge is 0.382 e. The van der Waals surface area contributed by atoms with Crippen molar-refractivity contribution in [3.63, 3.8) is 0 Å². The molecule has 118 valence electrons. The second-order valence-corrected chi connectivity index (χ2v) is 4.22. The van der Waals surface area contributed by atoms with Crippen LogP contribution in [0.4, 0.5) is 0 Å². The molecule has 0 atom stereocenters. The van der Waals surface area contributed by atoms with Crippen molar-refractivity contribution in [2.75, 3.05) is 13.2 Å². The van der Waals surface area contributed by atoms with Crippen LogP contribution in [-0.4, -0.2) is 20.0 Å². The van der Waals surface area contributed by atoms with E-state index < -0.39 is 0 Å². The zero-order chi connectivity index (χ0) is 16.2. The van der Waals surface area contributed by atoms with Gasteiger partial charge in [-0.25, -0.2) is 0 Å². The monoisotopic (exact) mass is 282 g/mol. The Morgan fingerprint density at radius 1 is 0.900 bits per heavy atom. The molecule has 1 rings (SSSR count). The number of aryl methyl sites for hydroxylation is 2. The Kier molecular flexibility index (Phi) is 27.5. The smallest absolute Gasteiger partial charge is 0.106 e. The summed E-state index contributed by atoms with van der Waals surface area (Å²) >= 11 is 0. The lowest BCUT2D eigenvalue weighted by Crippen LogP contribution is -1.84. The summed E-state index contributed by atoms with van der Waals surface area (Å²) in [5, 5.41) is 0. The van der Waals surface area contributed by atoms with E-state index in [0.717, 1.165) is 13.2 Å². The van der Waals surface area contributed by atoms with E-state index in [0.29, 0.717) is 0 Å². The van der Waals surface area contributed by atoms with Gasteiger partial charge in [0.25, 0.3) is 0 Å². The van der Waals surface area contributed by atoms with Gasteiger partial charge < -0.3 is 9.53 Å². The van der Waals surface area contributed by atoms with E-state index in [1.807, 2.05) is 20.6 Å². The molecule has 0 aliphatic carbocycles. The molecule has 0 aliphatic rings. The molecule has 0 N–H and O–H groups in total. The maximum absolute atomic E-state index is 8.00. The molecular formula is C18H34O2. The van der Waals surface area contributed by atoms with Gasteiger partial charge in [0, 0.05) is 13.2 Å². The molecule has 0 saturated carbocycles. The fourth-order valence-corrected chi connectivity index (χ4v) is 1.25. The Balaban J connectivity index is -0.000000245. The minimum atomic E-state index is 0.844. The first kappa shape index (κ1) is 23.9. The zero-order valence-electron chi connectivity index (χ0n) is 14.4. The maximum Gasteiger partial charge on any atom is 0.106 e. The number of carbonyl (C=O) groups is 1. The molecule has 0 heterocycles. The minimum Gasteiger partial charge on any atom is -0.382 e. The molecule has 20 heavy (non-hydrogen) atoms. The molecule has 0 spiro atoms. The fraction of sp³-hybridized carbons (Fsp3) is 0.611. The first-order valence-corrected chi connectivity index (χ1v) is 7.58. The molecule has 0 amide bonds. The molecule has 0 radical (unpaired) electrons. The molecule has 0 unspecified atom stereocenters. The number of benzene rings is 1.